The van der Waals surface area contributed by atoms with Crippen molar-refractivity contribution in [2.75, 3.05) is 5.73 Å². The van der Waals surface area contributed by atoms with Gasteiger partial charge < -0.3 is 10.5 Å². The number of ether oxygens (including phenoxy) is 1. The Morgan fingerprint density at radius 1 is 1.16 bits per heavy atom. The Kier molecular flexibility index (Phi) is 4.48. The van der Waals surface area contributed by atoms with E-state index in [-0.39, 0.29) is 0 Å². The molecule has 0 fully saturated rings. The lowest BCUT2D eigenvalue weighted by Crippen LogP contribution is -1.92. The third kappa shape index (κ3) is 3.51. The summed E-state index contributed by atoms with van der Waals surface area (Å²) in [6.07, 6.45) is 1.14. The molecule has 2 N–H and O–H groups in total. The molecule has 100 valence electrons. The fourth-order valence-corrected chi connectivity index (χ4v) is 2.30. The molecule has 1 atom stereocenters. The van der Waals surface area contributed by atoms with Crippen molar-refractivity contribution in [1.29, 1.82) is 0 Å². The lowest BCUT2D eigenvalue weighted by Gasteiger charge is -2.11. The van der Waals surface area contributed by atoms with Gasteiger partial charge in [0, 0.05) is 5.69 Å². The van der Waals surface area contributed by atoms with E-state index in [9.17, 15) is 0 Å². The van der Waals surface area contributed by atoms with Gasteiger partial charge in [0.15, 0.2) is 0 Å². The smallest absolute Gasteiger partial charge is 0.141 e. The van der Waals surface area contributed by atoms with Crippen LogP contribution in [-0.4, -0.2) is 0 Å². The zero-order valence-electron chi connectivity index (χ0n) is 11.2. The van der Waals surface area contributed by atoms with Gasteiger partial charge in [-0.2, -0.15) is 0 Å². The number of halogens is 1. The van der Waals surface area contributed by atoms with E-state index in [1.54, 1.807) is 0 Å². The van der Waals surface area contributed by atoms with Gasteiger partial charge in [-0.15, -0.1) is 0 Å². The van der Waals surface area contributed by atoms with E-state index in [4.69, 9.17) is 10.5 Å². The first kappa shape index (κ1) is 13.9. The highest BCUT2D eigenvalue weighted by molar-refractivity contribution is 9.10. The Bertz CT molecular complexity index is 551. The van der Waals surface area contributed by atoms with E-state index in [2.05, 4.69) is 41.9 Å². The van der Waals surface area contributed by atoms with E-state index in [1.165, 1.54) is 5.56 Å². The molecule has 0 heterocycles. The molecular weight excluding hydrogens is 302 g/mol. The fourth-order valence-electron chi connectivity index (χ4n) is 1.83. The largest absolute Gasteiger partial charge is 0.456 e. The van der Waals surface area contributed by atoms with Crippen molar-refractivity contribution in [1.82, 2.24) is 0 Å². The Morgan fingerprint density at radius 3 is 2.42 bits per heavy atom. The summed E-state index contributed by atoms with van der Waals surface area (Å²) < 4.78 is 6.69. The number of hydrogen-bond acceptors (Lipinski definition) is 2. The summed E-state index contributed by atoms with van der Waals surface area (Å²) in [6.45, 7) is 4.42. The van der Waals surface area contributed by atoms with Crippen LogP contribution in [0.3, 0.4) is 0 Å². The van der Waals surface area contributed by atoms with Crippen LogP contribution in [0.5, 0.6) is 11.5 Å². The summed E-state index contributed by atoms with van der Waals surface area (Å²) in [5, 5.41) is 0. The first-order valence-corrected chi connectivity index (χ1v) is 7.22. The predicted molar refractivity (Wildman–Crippen MR) is 83.8 cm³/mol. The minimum Gasteiger partial charge on any atom is -0.456 e. The zero-order valence-corrected chi connectivity index (χ0v) is 12.8. The molecular formula is C16H18BrNO. The third-order valence-corrected chi connectivity index (χ3v) is 3.86. The third-order valence-electron chi connectivity index (χ3n) is 3.25. The second kappa shape index (κ2) is 6.11. The second-order valence-electron chi connectivity index (χ2n) is 4.67. The van der Waals surface area contributed by atoms with E-state index >= 15 is 0 Å². The Morgan fingerprint density at radius 2 is 1.84 bits per heavy atom. The standard InChI is InChI=1S/C16H18BrNO/c1-3-11(2)12-4-7-14(8-5-12)19-16-9-6-13(18)10-15(16)17/h4-11H,3,18H2,1-2H3. The van der Waals surface area contributed by atoms with Gasteiger partial charge in [-0.3, -0.25) is 0 Å². The number of hydrogen-bond donors (Lipinski definition) is 1. The number of rotatable bonds is 4. The molecule has 0 aliphatic heterocycles. The highest BCUT2D eigenvalue weighted by atomic mass is 79.9. The summed E-state index contributed by atoms with van der Waals surface area (Å²) in [5.74, 6) is 2.18. The average Bonchev–Trinajstić information content (AvgIpc) is 2.42. The molecule has 0 amide bonds. The van der Waals surface area contributed by atoms with E-state index in [0.29, 0.717) is 11.6 Å². The maximum absolute atomic E-state index is 5.83. The average molecular weight is 320 g/mol. The van der Waals surface area contributed by atoms with Crippen LogP contribution >= 0.6 is 15.9 Å². The molecule has 3 heteroatoms. The van der Waals surface area contributed by atoms with Gasteiger partial charge in [0.25, 0.3) is 0 Å². The fraction of sp³-hybridized carbons (Fsp3) is 0.250. The molecule has 0 radical (unpaired) electrons. The lowest BCUT2D eigenvalue weighted by atomic mass is 9.99. The molecule has 2 aromatic rings. The van der Waals surface area contributed by atoms with Crippen molar-refractivity contribution in [3.8, 4) is 11.5 Å². The summed E-state index contributed by atoms with van der Waals surface area (Å²) in [5.41, 5.74) is 7.76. The first-order chi connectivity index (χ1) is 9.10. The van der Waals surface area contributed by atoms with Gasteiger partial charge in [0.1, 0.15) is 11.5 Å². The maximum atomic E-state index is 5.83. The minimum absolute atomic E-state index is 0.581. The van der Waals surface area contributed by atoms with Gasteiger partial charge in [-0.05, 0) is 64.2 Å². The number of nitrogen functional groups attached to an aromatic ring is 1. The van der Waals surface area contributed by atoms with Gasteiger partial charge in [-0.1, -0.05) is 26.0 Å². The lowest BCUT2D eigenvalue weighted by molar-refractivity contribution is 0.479. The monoisotopic (exact) mass is 319 g/mol. The Labute approximate surface area is 122 Å². The van der Waals surface area contributed by atoms with Crippen LogP contribution < -0.4 is 10.5 Å². The van der Waals surface area contributed by atoms with E-state index < -0.39 is 0 Å². The molecule has 0 aliphatic carbocycles. The Hall–Kier alpha value is -1.48. The molecule has 0 saturated heterocycles. The maximum Gasteiger partial charge on any atom is 0.141 e. The topological polar surface area (TPSA) is 35.2 Å². The summed E-state index contributed by atoms with van der Waals surface area (Å²) in [4.78, 5) is 0. The van der Waals surface area contributed by atoms with Crippen molar-refractivity contribution in [2.45, 2.75) is 26.2 Å². The summed E-state index contributed by atoms with van der Waals surface area (Å²) in [7, 11) is 0. The van der Waals surface area contributed by atoms with Crippen LogP contribution in [0, 0.1) is 0 Å². The van der Waals surface area contributed by atoms with Gasteiger partial charge >= 0.3 is 0 Å². The molecule has 19 heavy (non-hydrogen) atoms. The molecule has 2 nitrogen and oxygen atoms in total. The van der Waals surface area contributed by atoms with Crippen LogP contribution in [0.4, 0.5) is 5.69 Å². The minimum atomic E-state index is 0.581. The summed E-state index contributed by atoms with van der Waals surface area (Å²) >= 11 is 3.45. The molecule has 0 bridgehead atoms. The SMILES string of the molecule is CCC(C)c1ccc(Oc2ccc(N)cc2Br)cc1. The normalized spacial score (nSPS) is 12.2. The van der Waals surface area contributed by atoms with Gasteiger partial charge in [-0.25, -0.2) is 0 Å². The quantitative estimate of drug-likeness (QED) is 0.772. The second-order valence-corrected chi connectivity index (χ2v) is 5.52. The molecule has 2 rings (SSSR count). The molecule has 0 aromatic heterocycles. The highest BCUT2D eigenvalue weighted by Gasteiger charge is 2.05. The van der Waals surface area contributed by atoms with Crippen molar-refractivity contribution < 1.29 is 4.74 Å². The van der Waals surface area contributed by atoms with Crippen LogP contribution in [0.15, 0.2) is 46.9 Å². The molecule has 1 unspecified atom stereocenters. The van der Waals surface area contributed by atoms with Crippen LogP contribution in [0.1, 0.15) is 31.7 Å². The van der Waals surface area contributed by atoms with E-state index in [1.807, 2.05) is 30.3 Å². The zero-order chi connectivity index (χ0) is 13.8. The van der Waals surface area contributed by atoms with Gasteiger partial charge in [0.05, 0.1) is 4.47 Å². The molecule has 0 spiro atoms. The number of anilines is 1. The number of nitrogens with two attached hydrogens (primary N) is 1. The summed E-state index contributed by atoms with van der Waals surface area (Å²) in [6, 6.07) is 13.8. The van der Waals surface area contributed by atoms with E-state index in [0.717, 1.165) is 22.4 Å². The van der Waals surface area contributed by atoms with Crippen molar-refractivity contribution in [3.05, 3.63) is 52.5 Å². The first-order valence-electron chi connectivity index (χ1n) is 6.43. The van der Waals surface area contributed by atoms with Crippen LogP contribution in [0.25, 0.3) is 0 Å². The molecule has 0 saturated carbocycles. The van der Waals surface area contributed by atoms with Crippen molar-refractivity contribution in [3.63, 3.8) is 0 Å². The van der Waals surface area contributed by atoms with Crippen molar-refractivity contribution >= 4 is 21.6 Å². The highest BCUT2D eigenvalue weighted by Crippen LogP contribution is 2.31. The van der Waals surface area contributed by atoms with Crippen molar-refractivity contribution in [2.24, 2.45) is 0 Å². The predicted octanol–water partition coefficient (Wildman–Crippen LogP) is 5.34. The molecule has 2 aromatic carbocycles. The molecule has 0 aliphatic rings. The van der Waals surface area contributed by atoms with Crippen LogP contribution in [-0.2, 0) is 0 Å². The number of benzene rings is 2. The van der Waals surface area contributed by atoms with Gasteiger partial charge in [0.2, 0.25) is 0 Å². The van der Waals surface area contributed by atoms with Crippen LogP contribution in [0.2, 0.25) is 0 Å². The Balaban J connectivity index is 2.15.